The molecule has 1 amide bonds. The second-order valence-corrected chi connectivity index (χ2v) is 15.8. The number of esters is 1. The van der Waals surface area contributed by atoms with Gasteiger partial charge in [-0.3, -0.25) is 9.59 Å². The van der Waals surface area contributed by atoms with Gasteiger partial charge in [-0.1, -0.05) is 171 Å². The third kappa shape index (κ3) is 41.0. The van der Waals surface area contributed by atoms with Crippen LogP contribution in [0.4, 0.5) is 0 Å². The number of carboxylic acid groups (broad SMARTS) is 1. The SMILES string of the molecule is CC/C=C\C/C=C\C/C=C\C/C=C\CCCCCCCCCCCCC(=O)OC(/C=C\C/C=C\CCCCC)CCCCCCCCC(=O)NC(CCCN)C(=O)O. The highest BCUT2D eigenvalue weighted by Gasteiger charge is 2.18. The lowest BCUT2D eigenvalue weighted by atomic mass is 10.0. The van der Waals surface area contributed by atoms with Gasteiger partial charge >= 0.3 is 11.9 Å². The highest BCUT2D eigenvalue weighted by atomic mass is 16.5. The van der Waals surface area contributed by atoms with E-state index in [0.717, 1.165) is 96.3 Å². The number of carbonyl (C=O) groups excluding carboxylic acids is 2. The van der Waals surface area contributed by atoms with E-state index in [-0.39, 0.29) is 18.0 Å². The number of aliphatic carboxylic acids is 1. The lowest BCUT2D eigenvalue weighted by molar-refractivity contribution is -0.147. The van der Waals surface area contributed by atoms with Gasteiger partial charge in [0.25, 0.3) is 0 Å². The summed E-state index contributed by atoms with van der Waals surface area (Å²) < 4.78 is 5.95. The highest BCUT2D eigenvalue weighted by Crippen LogP contribution is 2.16. The lowest BCUT2D eigenvalue weighted by Gasteiger charge is -2.15. The molecule has 7 heteroatoms. The average Bonchev–Trinajstić information content (AvgIpc) is 3.21. The van der Waals surface area contributed by atoms with E-state index in [0.29, 0.717) is 32.2 Å². The number of ether oxygens (including phenoxy) is 1. The summed E-state index contributed by atoms with van der Waals surface area (Å²) in [7, 11) is 0. The van der Waals surface area contributed by atoms with Crippen molar-refractivity contribution in [3.05, 3.63) is 72.9 Å². The number of nitrogens with two attached hydrogens (primary N) is 1. The monoisotopic (exact) mass is 809 g/mol. The Labute approximate surface area is 356 Å². The van der Waals surface area contributed by atoms with Crippen molar-refractivity contribution in [1.82, 2.24) is 5.32 Å². The van der Waals surface area contributed by atoms with Crippen molar-refractivity contribution in [1.29, 1.82) is 0 Å². The predicted molar refractivity (Wildman–Crippen MR) is 248 cm³/mol. The molecule has 0 aliphatic heterocycles. The Hall–Kier alpha value is -3.19. The molecule has 0 rings (SSSR count). The average molecular weight is 809 g/mol. The molecule has 0 spiro atoms. The predicted octanol–water partition coefficient (Wildman–Crippen LogP) is 13.9. The first-order valence-corrected chi connectivity index (χ1v) is 23.8. The van der Waals surface area contributed by atoms with Gasteiger partial charge in [0, 0.05) is 12.8 Å². The summed E-state index contributed by atoms with van der Waals surface area (Å²) in [5.41, 5.74) is 5.48. The zero-order valence-electron chi connectivity index (χ0n) is 37.4. The van der Waals surface area contributed by atoms with Gasteiger partial charge in [-0.05, 0) is 109 Å². The van der Waals surface area contributed by atoms with Gasteiger partial charge in [-0.15, -0.1) is 0 Å². The van der Waals surface area contributed by atoms with Crippen molar-refractivity contribution in [3.63, 3.8) is 0 Å². The van der Waals surface area contributed by atoms with Gasteiger partial charge in [-0.2, -0.15) is 0 Å². The molecule has 0 aromatic rings. The van der Waals surface area contributed by atoms with Crippen LogP contribution in [0.15, 0.2) is 72.9 Å². The first kappa shape index (κ1) is 54.8. The standard InChI is InChI=1S/C51H88N2O5/c1-3-5-7-9-11-13-14-15-16-17-18-19-20-21-22-23-24-25-26-27-29-35-39-45-50(55)58-47(41-36-32-28-12-10-8-6-4-2)42-37-33-30-31-34-38-44-49(54)53-48(51(56)57)43-40-46-52/h5,7,11-13,15-16,18-19,28,36,41,47-48H,3-4,6,8-10,14,17,20-27,29-35,37-40,42-46,52H2,1-2H3,(H,53,54)(H,56,57)/b7-5-,13-11-,16-15-,19-18-,28-12-,41-36-. The fourth-order valence-corrected chi connectivity index (χ4v) is 6.68. The Morgan fingerprint density at radius 1 is 0.534 bits per heavy atom. The van der Waals surface area contributed by atoms with Crippen LogP contribution < -0.4 is 11.1 Å². The third-order valence-corrected chi connectivity index (χ3v) is 10.2. The summed E-state index contributed by atoms with van der Waals surface area (Å²) in [4.78, 5) is 36.3. The van der Waals surface area contributed by atoms with E-state index in [4.69, 9.17) is 10.5 Å². The van der Waals surface area contributed by atoms with Crippen LogP contribution in [0.25, 0.3) is 0 Å². The van der Waals surface area contributed by atoms with Crippen molar-refractivity contribution in [2.45, 2.75) is 225 Å². The molecular formula is C51H88N2O5. The largest absolute Gasteiger partial charge is 0.480 e. The van der Waals surface area contributed by atoms with Crippen LogP contribution in [0.3, 0.4) is 0 Å². The molecular weight excluding hydrogens is 721 g/mol. The highest BCUT2D eigenvalue weighted by molar-refractivity contribution is 5.83. The molecule has 2 unspecified atom stereocenters. The maximum Gasteiger partial charge on any atom is 0.326 e. The fourth-order valence-electron chi connectivity index (χ4n) is 6.68. The van der Waals surface area contributed by atoms with Crippen LogP contribution in [0.1, 0.15) is 213 Å². The molecule has 0 heterocycles. The summed E-state index contributed by atoms with van der Waals surface area (Å²) in [5, 5.41) is 11.9. The van der Waals surface area contributed by atoms with Crippen molar-refractivity contribution < 1.29 is 24.2 Å². The Morgan fingerprint density at radius 2 is 1.00 bits per heavy atom. The minimum atomic E-state index is -1.01. The lowest BCUT2D eigenvalue weighted by Crippen LogP contribution is -2.40. The molecule has 0 aromatic heterocycles. The normalized spacial score (nSPS) is 13.3. The smallest absolute Gasteiger partial charge is 0.326 e. The van der Waals surface area contributed by atoms with E-state index in [1.807, 2.05) is 0 Å². The quantitative estimate of drug-likeness (QED) is 0.0321. The zero-order valence-corrected chi connectivity index (χ0v) is 37.4. The first-order chi connectivity index (χ1) is 28.4. The molecule has 332 valence electrons. The number of nitrogens with one attached hydrogen (secondary N) is 1. The number of hydrogen-bond donors (Lipinski definition) is 3. The molecule has 4 N–H and O–H groups in total. The molecule has 58 heavy (non-hydrogen) atoms. The van der Waals surface area contributed by atoms with Gasteiger partial charge < -0.3 is 20.9 Å². The van der Waals surface area contributed by atoms with Crippen LogP contribution in [-0.4, -0.2) is 41.6 Å². The van der Waals surface area contributed by atoms with E-state index in [9.17, 15) is 19.5 Å². The number of rotatable bonds is 42. The van der Waals surface area contributed by atoms with Crippen LogP contribution >= 0.6 is 0 Å². The summed E-state index contributed by atoms with van der Waals surface area (Å²) >= 11 is 0. The molecule has 0 radical (unpaired) electrons. The van der Waals surface area contributed by atoms with E-state index >= 15 is 0 Å². The molecule has 0 fully saturated rings. The number of allylic oxidation sites excluding steroid dienone is 11. The number of carbonyl (C=O) groups is 3. The van der Waals surface area contributed by atoms with Gasteiger partial charge in [-0.25, -0.2) is 4.79 Å². The fraction of sp³-hybridized carbons (Fsp3) is 0.706. The summed E-state index contributed by atoms with van der Waals surface area (Å²) in [6.07, 6.45) is 58.4. The van der Waals surface area contributed by atoms with Crippen molar-refractivity contribution in [2.75, 3.05) is 6.54 Å². The zero-order chi connectivity index (χ0) is 42.4. The Bertz CT molecular complexity index is 1140. The molecule has 0 aromatic carbocycles. The number of amides is 1. The Kier molecular flexibility index (Phi) is 42.4. The van der Waals surface area contributed by atoms with E-state index in [1.54, 1.807) is 0 Å². The molecule has 7 nitrogen and oxygen atoms in total. The van der Waals surface area contributed by atoms with Crippen LogP contribution in [0.2, 0.25) is 0 Å². The van der Waals surface area contributed by atoms with E-state index in [2.05, 4.69) is 92.1 Å². The second-order valence-electron chi connectivity index (χ2n) is 15.8. The van der Waals surface area contributed by atoms with Crippen molar-refractivity contribution in [2.24, 2.45) is 5.73 Å². The molecule has 0 saturated carbocycles. The summed E-state index contributed by atoms with van der Waals surface area (Å²) in [6, 6.07) is -0.859. The maximum atomic E-state index is 12.8. The molecule has 0 aliphatic rings. The molecule has 2 atom stereocenters. The minimum Gasteiger partial charge on any atom is -0.480 e. The minimum absolute atomic E-state index is 0.0820. The van der Waals surface area contributed by atoms with Crippen LogP contribution in [0, 0.1) is 0 Å². The molecule has 0 aliphatic carbocycles. The van der Waals surface area contributed by atoms with Crippen LogP contribution in [-0.2, 0) is 19.1 Å². The van der Waals surface area contributed by atoms with Gasteiger partial charge in [0.2, 0.25) is 5.91 Å². The van der Waals surface area contributed by atoms with Crippen molar-refractivity contribution >= 4 is 17.8 Å². The number of carboxylic acids is 1. The van der Waals surface area contributed by atoms with Gasteiger partial charge in [0.1, 0.15) is 12.1 Å². The second kappa shape index (κ2) is 44.9. The van der Waals surface area contributed by atoms with Gasteiger partial charge in [0.15, 0.2) is 0 Å². The maximum absolute atomic E-state index is 12.8. The summed E-state index contributed by atoms with van der Waals surface area (Å²) in [5.74, 6) is -1.30. The molecule has 0 bridgehead atoms. The first-order valence-electron chi connectivity index (χ1n) is 23.8. The van der Waals surface area contributed by atoms with E-state index in [1.165, 1.54) is 77.0 Å². The number of hydrogen-bond acceptors (Lipinski definition) is 5. The third-order valence-electron chi connectivity index (χ3n) is 10.2. The topological polar surface area (TPSA) is 119 Å². The van der Waals surface area contributed by atoms with Crippen LogP contribution in [0.5, 0.6) is 0 Å². The Morgan fingerprint density at radius 3 is 1.53 bits per heavy atom. The molecule has 0 saturated heterocycles. The van der Waals surface area contributed by atoms with Crippen molar-refractivity contribution in [3.8, 4) is 0 Å². The van der Waals surface area contributed by atoms with E-state index < -0.39 is 12.0 Å². The number of unbranched alkanes of at least 4 members (excludes halogenated alkanes) is 18. The summed E-state index contributed by atoms with van der Waals surface area (Å²) in [6.45, 7) is 4.80. The van der Waals surface area contributed by atoms with Gasteiger partial charge in [0.05, 0.1) is 0 Å². The Balaban J connectivity index is 4.15.